The van der Waals surface area contributed by atoms with Gasteiger partial charge in [0.25, 0.3) is 5.56 Å². The number of hydrogen-bond acceptors (Lipinski definition) is 5. The number of thiophene rings is 1. The van der Waals surface area contributed by atoms with E-state index in [-0.39, 0.29) is 11.5 Å². The molecule has 2 aliphatic heterocycles. The summed E-state index contributed by atoms with van der Waals surface area (Å²) in [5.41, 5.74) is 3.02. The van der Waals surface area contributed by atoms with Gasteiger partial charge in [-0.2, -0.15) is 0 Å². The van der Waals surface area contributed by atoms with Crippen LogP contribution in [0, 0.1) is 5.92 Å². The molecule has 0 amide bonds. The van der Waals surface area contributed by atoms with Crippen molar-refractivity contribution in [1.82, 2.24) is 9.47 Å². The molecule has 2 aromatic heterocycles. The van der Waals surface area contributed by atoms with Crippen LogP contribution in [0.5, 0.6) is 0 Å². The smallest absolute Gasteiger partial charge is 0.341 e. The first-order valence-electron chi connectivity index (χ1n) is 11.5. The van der Waals surface area contributed by atoms with Crippen LogP contribution in [0.15, 0.2) is 23.0 Å². The molecule has 1 aliphatic carbocycles. The Morgan fingerprint density at radius 1 is 1.16 bits per heavy atom. The predicted octanol–water partition coefficient (Wildman–Crippen LogP) is 4.17. The number of piperidine rings is 1. The average Bonchev–Trinajstić information content (AvgIpc) is 3.09. The Labute approximate surface area is 197 Å². The molecular weight excluding hydrogens is 442 g/mol. The summed E-state index contributed by atoms with van der Waals surface area (Å²) in [5, 5.41) is 4.90. The number of pyridine rings is 1. The number of nitrogens with zero attached hydrogens (tertiary/aromatic N) is 2. The topological polar surface area (TPSA) is 63.6 Å². The van der Waals surface area contributed by atoms with Crippen molar-refractivity contribution in [2.45, 2.75) is 57.4 Å². The lowest BCUT2D eigenvalue weighted by molar-refractivity contribution is 0.0601. The minimum Gasteiger partial charge on any atom is -0.465 e. The maximum atomic E-state index is 12.7. The minimum absolute atomic E-state index is 0.0880. The van der Waals surface area contributed by atoms with Gasteiger partial charge in [-0.3, -0.25) is 4.79 Å². The molecule has 2 aromatic rings. The summed E-state index contributed by atoms with van der Waals surface area (Å²) in [6.45, 7) is 2.34. The van der Waals surface area contributed by atoms with E-state index < -0.39 is 0 Å². The molecule has 3 aliphatic rings. The number of aromatic nitrogens is 1. The number of nitrogens with one attached hydrogen (secondary N) is 1. The van der Waals surface area contributed by atoms with E-state index in [0.29, 0.717) is 22.5 Å². The van der Waals surface area contributed by atoms with Gasteiger partial charge in [0.15, 0.2) is 5.11 Å². The number of carbonyl (C=O) groups is 1. The molecule has 8 heteroatoms. The number of thiocarbonyl (C=S) groups is 1. The Bertz CT molecular complexity index is 1110. The molecule has 0 aromatic carbocycles. The number of anilines is 1. The molecule has 1 saturated heterocycles. The van der Waals surface area contributed by atoms with Gasteiger partial charge in [0.05, 0.1) is 12.7 Å². The summed E-state index contributed by atoms with van der Waals surface area (Å²) in [7, 11) is 1.45. The van der Waals surface area contributed by atoms with Crippen LogP contribution in [0.2, 0.25) is 0 Å². The monoisotopic (exact) mass is 471 g/mol. The SMILES string of the molecule is COC(=O)c1c(NC(=S)N2CC3CC(C2)c2cccc(=O)n2C3)sc2c1CCCCCC2. The number of aryl methyl sites for hydroxylation is 1. The third-order valence-electron chi connectivity index (χ3n) is 7.05. The molecule has 0 radical (unpaired) electrons. The minimum atomic E-state index is -0.280. The van der Waals surface area contributed by atoms with Gasteiger partial charge in [-0.1, -0.05) is 18.9 Å². The molecule has 0 saturated carbocycles. The average molecular weight is 472 g/mol. The molecule has 0 spiro atoms. The van der Waals surface area contributed by atoms with E-state index in [1.807, 2.05) is 10.6 Å². The molecule has 1 fully saturated rings. The lowest BCUT2D eigenvalue weighted by atomic mass is 9.83. The van der Waals surface area contributed by atoms with Crippen LogP contribution in [-0.2, 0) is 24.1 Å². The highest BCUT2D eigenvalue weighted by Crippen LogP contribution is 2.39. The van der Waals surface area contributed by atoms with Crippen molar-refractivity contribution >= 4 is 39.6 Å². The Morgan fingerprint density at radius 2 is 1.97 bits per heavy atom. The molecule has 32 heavy (non-hydrogen) atoms. The molecule has 4 heterocycles. The standard InChI is InChI=1S/C24H29N3O3S2/c1-30-23(29)21-17-7-4-2-3-5-9-19(17)32-22(21)25-24(31)26-12-15-11-16(14-26)18-8-6-10-20(28)27(18)13-15/h6,8,10,15-16H,2-5,7,9,11-14H2,1H3,(H,25,31). The summed E-state index contributed by atoms with van der Waals surface area (Å²) in [4.78, 5) is 28.5. The van der Waals surface area contributed by atoms with Gasteiger partial charge in [0, 0.05) is 42.2 Å². The quantitative estimate of drug-likeness (QED) is 0.524. The number of rotatable bonds is 2. The Morgan fingerprint density at radius 3 is 2.78 bits per heavy atom. The number of fused-ring (bicyclic) bond motifs is 5. The van der Waals surface area contributed by atoms with Gasteiger partial charge >= 0.3 is 5.97 Å². The van der Waals surface area contributed by atoms with Crippen molar-refractivity contribution in [3.63, 3.8) is 0 Å². The van der Waals surface area contributed by atoms with Crippen molar-refractivity contribution in [2.24, 2.45) is 5.92 Å². The first-order valence-corrected chi connectivity index (χ1v) is 12.8. The summed E-state index contributed by atoms with van der Waals surface area (Å²) in [6.07, 6.45) is 7.73. The Balaban J connectivity index is 1.39. The third kappa shape index (κ3) is 3.99. The Kier molecular flexibility index (Phi) is 6.07. The summed E-state index contributed by atoms with van der Waals surface area (Å²) in [6, 6.07) is 5.57. The summed E-state index contributed by atoms with van der Waals surface area (Å²) in [5.74, 6) is 0.404. The maximum absolute atomic E-state index is 12.7. The van der Waals surface area contributed by atoms with Crippen molar-refractivity contribution in [1.29, 1.82) is 0 Å². The fourth-order valence-corrected chi connectivity index (χ4v) is 7.16. The number of ether oxygens (including phenoxy) is 1. The van der Waals surface area contributed by atoms with Crippen LogP contribution in [-0.4, -0.2) is 40.7 Å². The first kappa shape index (κ1) is 21.6. The molecule has 1 N–H and O–H groups in total. The molecule has 170 valence electrons. The van der Waals surface area contributed by atoms with Crippen LogP contribution in [0.4, 0.5) is 5.00 Å². The second-order valence-corrected chi connectivity index (χ2v) is 10.6. The fraction of sp³-hybridized carbons (Fsp3) is 0.542. The van der Waals surface area contributed by atoms with Gasteiger partial charge in [-0.05, 0) is 61.9 Å². The van der Waals surface area contributed by atoms with Crippen LogP contribution >= 0.6 is 23.6 Å². The second kappa shape index (κ2) is 8.98. The van der Waals surface area contributed by atoms with Crippen molar-refractivity contribution in [2.75, 3.05) is 25.5 Å². The van der Waals surface area contributed by atoms with Crippen LogP contribution in [0.1, 0.15) is 64.5 Å². The van der Waals surface area contributed by atoms with E-state index >= 15 is 0 Å². The van der Waals surface area contributed by atoms with E-state index in [9.17, 15) is 9.59 Å². The number of methoxy groups -OCH3 is 1. The first-order chi connectivity index (χ1) is 15.5. The van der Waals surface area contributed by atoms with Crippen LogP contribution in [0.3, 0.4) is 0 Å². The lowest BCUT2D eigenvalue weighted by Crippen LogP contribution is -2.50. The Hall–Kier alpha value is -2.19. The highest BCUT2D eigenvalue weighted by Gasteiger charge is 2.36. The predicted molar refractivity (Wildman–Crippen MR) is 131 cm³/mol. The maximum Gasteiger partial charge on any atom is 0.341 e. The van der Waals surface area contributed by atoms with Gasteiger partial charge in [0.1, 0.15) is 5.00 Å². The highest BCUT2D eigenvalue weighted by molar-refractivity contribution is 7.80. The van der Waals surface area contributed by atoms with Gasteiger partial charge in [0.2, 0.25) is 0 Å². The van der Waals surface area contributed by atoms with Gasteiger partial charge in [-0.25, -0.2) is 4.79 Å². The van der Waals surface area contributed by atoms with Crippen LogP contribution in [0.25, 0.3) is 0 Å². The summed E-state index contributed by atoms with van der Waals surface area (Å²) >= 11 is 7.50. The second-order valence-electron chi connectivity index (χ2n) is 9.15. The molecule has 2 atom stereocenters. The highest BCUT2D eigenvalue weighted by atomic mass is 32.1. The van der Waals surface area contributed by atoms with Gasteiger partial charge in [-0.15, -0.1) is 11.3 Å². The normalized spacial score (nSPS) is 22.2. The van der Waals surface area contributed by atoms with Crippen molar-refractivity contribution in [3.8, 4) is 0 Å². The number of hydrogen-bond donors (Lipinski definition) is 1. The van der Waals surface area contributed by atoms with Crippen LogP contribution < -0.4 is 10.9 Å². The van der Waals surface area contributed by atoms with E-state index in [1.165, 1.54) is 24.8 Å². The van der Waals surface area contributed by atoms with E-state index in [1.54, 1.807) is 17.4 Å². The molecule has 2 bridgehead atoms. The van der Waals surface area contributed by atoms with Crippen molar-refractivity contribution in [3.05, 3.63) is 50.3 Å². The largest absolute Gasteiger partial charge is 0.465 e. The third-order valence-corrected chi connectivity index (χ3v) is 8.62. The molecular formula is C24H29N3O3S2. The zero-order chi connectivity index (χ0) is 22.2. The number of carbonyl (C=O) groups excluding carboxylic acids is 1. The van der Waals surface area contributed by atoms with E-state index in [2.05, 4.69) is 16.3 Å². The van der Waals surface area contributed by atoms with Crippen molar-refractivity contribution < 1.29 is 9.53 Å². The lowest BCUT2D eigenvalue weighted by Gasteiger charge is -2.43. The number of likely N-dealkylation sites (tertiary alicyclic amines) is 1. The molecule has 6 nitrogen and oxygen atoms in total. The van der Waals surface area contributed by atoms with E-state index in [4.69, 9.17) is 17.0 Å². The molecule has 5 rings (SSSR count). The number of esters is 1. The zero-order valence-corrected chi connectivity index (χ0v) is 20.0. The van der Waals surface area contributed by atoms with E-state index in [0.717, 1.165) is 68.0 Å². The summed E-state index contributed by atoms with van der Waals surface area (Å²) < 4.78 is 7.08. The molecule has 2 unspecified atom stereocenters. The zero-order valence-electron chi connectivity index (χ0n) is 18.4. The fourth-order valence-electron chi connectivity index (χ4n) is 5.56. The van der Waals surface area contributed by atoms with Gasteiger partial charge < -0.3 is 19.5 Å².